The third-order valence-corrected chi connectivity index (χ3v) is 4.56. The molecule has 0 radical (unpaired) electrons. The molecule has 1 aliphatic heterocycles. The number of amides is 2. The molecule has 0 unspecified atom stereocenters. The Kier molecular flexibility index (Phi) is 5.77. The molecular formula is C18H27N3O2. The van der Waals surface area contributed by atoms with Gasteiger partial charge < -0.3 is 14.7 Å². The normalized spacial score (nSPS) is 15.6. The first-order valence-electron chi connectivity index (χ1n) is 8.28. The predicted octanol–water partition coefficient (Wildman–Crippen LogP) is 1.82. The van der Waals surface area contributed by atoms with Crippen molar-refractivity contribution in [2.75, 3.05) is 44.2 Å². The molecule has 1 aromatic rings. The molecule has 0 bridgehead atoms. The van der Waals surface area contributed by atoms with Gasteiger partial charge in [0.15, 0.2) is 0 Å². The molecule has 0 atom stereocenters. The highest BCUT2D eigenvalue weighted by molar-refractivity contribution is 5.98. The first kappa shape index (κ1) is 17.5. The summed E-state index contributed by atoms with van der Waals surface area (Å²) in [6, 6.07) is 5.92. The Bertz CT molecular complexity index is 557. The molecule has 1 aromatic carbocycles. The number of carbonyl (C=O) groups excluding carboxylic acids is 2. The zero-order valence-corrected chi connectivity index (χ0v) is 14.6. The molecule has 1 heterocycles. The Hall–Kier alpha value is -1.88. The molecule has 2 amide bonds. The molecule has 5 heteroatoms. The minimum absolute atomic E-state index is 0.0265. The van der Waals surface area contributed by atoms with E-state index in [0.717, 1.165) is 49.5 Å². The molecule has 1 saturated heterocycles. The van der Waals surface area contributed by atoms with Crippen LogP contribution < -0.4 is 4.90 Å². The van der Waals surface area contributed by atoms with E-state index in [1.165, 1.54) is 6.92 Å². The fourth-order valence-corrected chi connectivity index (χ4v) is 3.13. The molecule has 0 spiro atoms. The lowest BCUT2D eigenvalue weighted by atomic mass is 10.1. The van der Waals surface area contributed by atoms with E-state index in [1.807, 2.05) is 36.9 Å². The van der Waals surface area contributed by atoms with E-state index in [1.54, 1.807) is 4.90 Å². The van der Waals surface area contributed by atoms with Crippen LogP contribution >= 0.6 is 0 Å². The molecule has 1 aliphatic rings. The van der Waals surface area contributed by atoms with Crippen molar-refractivity contribution < 1.29 is 9.59 Å². The summed E-state index contributed by atoms with van der Waals surface area (Å²) in [7, 11) is 0. The van der Waals surface area contributed by atoms with E-state index in [-0.39, 0.29) is 18.4 Å². The number of benzene rings is 1. The van der Waals surface area contributed by atoms with Crippen LogP contribution in [0.15, 0.2) is 18.2 Å². The van der Waals surface area contributed by atoms with E-state index < -0.39 is 0 Å². The second-order valence-corrected chi connectivity index (χ2v) is 6.16. The summed E-state index contributed by atoms with van der Waals surface area (Å²) < 4.78 is 0. The van der Waals surface area contributed by atoms with Crippen molar-refractivity contribution in [1.82, 2.24) is 9.80 Å². The molecule has 1 fully saturated rings. The smallest absolute Gasteiger partial charge is 0.242 e. The van der Waals surface area contributed by atoms with Gasteiger partial charge in [0, 0.05) is 33.1 Å². The van der Waals surface area contributed by atoms with Crippen molar-refractivity contribution >= 4 is 17.5 Å². The van der Waals surface area contributed by atoms with Crippen LogP contribution in [0.25, 0.3) is 0 Å². The molecule has 0 aromatic heterocycles. The fraction of sp³-hybridized carbons (Fsp3) is 0.556. The standard InChI is InChI=1S/C18H27N3O2/c1-5-19-9-11-20(12-10-19)17(23)13-21(16(4)22)18-14(2)7-6-8-15(18)3/h6-8H,5,9-13H2,1-4H3. The number of rotatable bonds is 4. The summed E-state index contributed by atoms with van der Waals surface area (Å²) in [5.74, 6) is -0.0680. The Morgan fingerprint density at radius 3 is 2.13 bits per heavy atom. The van der Waals surface area contributed by atoms with Gasteiger partial charge in [-0.05, 0) is 31.5 Å². The van der Waals surface area contributed by atoms with Crippen molar-refractivity contribution in [3.8, 4) is 0 Å². The highest BCUT2D eigenvalue weighted by Crippen LogP contribution is 2.24. The number of anilines is 1. The molecule has 0 aliphatic carbocycles. The summed E-state index contributed by atoms with van der Waals surface area (Å²) in [4.78, 5) is 30.5. The average Bonchev–Trinajstić information content (AvgIpc) is 2.53. The van der Waals surface area contributed by atoms with E-state index in [2.05, 4.69) is 11.8 Å². The number of nitrogens with zero attached hydrogens (tertiary/aromatic N) is 3. The number of hydrogen-bond acceptors (Lipinski definition) is 3. The monoisotopic (exact) mass is 317 g/mol. The Labute approximate surface area is 138 Å². The van der Waals surface area contributed by atoms with Crippen LogP contribution in [-0.4, -0.2) is 60.9 Å². The van der Waals surface area contributed by atoms with Gasteiger partial charge in [0.1, 0.15) is 6.54 Å². The van der Waals surface area contributed by atoms with E-state index >= 15 is 0 Å². The Balaban J connectivity index is 2.11. The Morgan fingerprint density at radius 1 is 1.09 bits per heavy atom. The van der Waals surface area contributed by atoms with Crippen molar-refractivity contribution in [1.29, 1.82) is 0 Å². The van der Waals surface area contributed by atoms with Gasteiger partial charge in [0.2, 0.25) is 11.8 Å². The number of hydrogen-bond donors (Lipinski definition) is 0. The van der Waals surface area contributed by atoms with Crippen molar-refractivity contribution in [2.24, 2.45) is 0 Å². The average molecular weight is 317 g/mol. The van der Waals surface area contributed by atoms with Crippen LogP contribution in [0.2, 0.25) is 0 Å². The number of carbonyl (C=O) groups is 2. The molecule has 23 heavy (non-hydrogen) atoms. The van der Waals surface area contributed by atoms with Gasteiger partial charge in [0.05, 0.1) is 5.69 Å². The highest BCUT2D eigenvalue weighted by Gasteiger charge is 2.25. The van der Waals surface area contributed by atoms with Crippen LogP contribution in [0.4, 0.5) is 5.69 Å². The van der Waals surface area contributed by atoms with Crippen molar-refractivity contribution in [2.45, 2.75) is 27.7 Å². The van der Waals surface area contributed by atoms with Gasteiger partial charge in [-0.15, -0.1) is 0 Å². The highest BCUT2D eigenvalue weighted by atomic mass is 16.2. The minimum Gasteiger partial charge on any atom is -0.339 e. The molecule has 5 nitrogen and oxygen atoms in total. The third kappa shape index (κ3) is 4.10. The maximum atomic E-state index is 12.6. The number of para-hydroxylation sites is 1. The lowest BCUT2D eigenvalue weighted by Crippen LogP contribution is -2.51. The summed E-state index contributed by atoms with van der Waals surface area (Å²) in [6.45, 7) is 12.0. The van der Waals surface area contributed by atoms with Gasteiger partial charge in [-0.1, -0.05) is 25.1 Å². The van der Waals surface area contributed by atoms with Gasteiger partial charge >= 0.3 is 0 Å². The zero-order chi connectivity index (χ0) is 17.0. The van der Waals surface area contributed by atoms with Crippen LogP contribution in [0.3, 0.4) is 0 Å². The van der Waals surface area contributed by atoms with E-state index in [4.69, 9.17) is 0 Å². The van der Waals surface area contributed by atoms with Gasteiger partial charge in [-0.25, -0.2) is 0 Å². The summed E-state index contributed by atoms with van der Waals surface area (Å²) in [5, 5.41) is 0. The molecule has 126 valence electrons. The second-order valence-electron chi connectivity index (χ2n) is 6.16. The van der Waals surface area contributed by atoms with Crippen LogP contribution in [0.1, 0.15) is 25.0 Å². The molecule has 0 N–H and O–H groups in total. The van der Waals surface area contributed by atoms with Gasteiger partial charge in [-0.2, -0.15) is 0 Å². The van der Waals surface area contributed by atoms with Crippen LogP contribution in [-0.2, 0) is 9.59 Å². The number of piperazine rings is 1. The van der Waals surface area contributed by atoms with Crippen molar-refractivity contribution in [3.63, 3.8) is 0 Å². The third-order valence-electron chi connectivity index (χ3n) is 4.56. The summed E-state index contributed by atoms with van der Waals surface area (Å²) >= 11 is 0. The van der Waals surface area contributed by atoms with E-state index in [9.17, 15) is 9.59 Å². The first-order valence-corrected chi connectivity index (χ1v) is 8.28. The maximum Gasteiger partial charge on any atom is 0.242 e. The van der Waals surface area contributed by atoms with E-state index in [0.29, 0.717) is 0 Å². The van der Waals surface area contributed by atoms with Crippen LogP contribution in [0.5, 0.6) is 0 Å². The second kappa shape index (κ2) is 7.59. The van der Waals surface area contributed by atoms with Gasteiger partial charge in [-0.3, -0.25) is 9.59 Å². The fourth-order valence-electron chi connectivity index (χ4n) is 3.13. The number of likely N-dealkylation sites (N-methyl/N-ethyl adjacent to an activating group) is 1. The largest absolute Gasteiger partial charge is 0.339 e. The Morgan fingerprint density at radius 2 is 1.65 bits per heavy atom. The maximum absolute atomic E-state index is 12.6. The minimum atomic E-state index is -0.0945. The molecule has 0 saturated carbocycles. The predicted molar refractivity (Wildman–Crippen MR) is 92.6 cm³/mol. The van der Waals surface area contributed by atoms with Gasteiger partial charge in [0.25, 0.3) is 0 Å². The SMILES string of the molecule is CCN1CCN(C(=O)CN(C(C)=O)c2c(C)cccc2C)CC1. The quantitative estimate of drug-likeness (QED) is 0.851. The number of aryl methyl sites for hydroxylation is 2. The molecular weight excluding hydrogens is 290 g/mol. The lowest BCUT2D eigenvalue weighted by molar-refractivity contribution is -0.132. The first-order chi connectivity index (χ1) is 10.9. The summed E-state index contributed by atoms with van der Waals surface area (Å²) in [6.07, 6.45) is 0. The summed E-state index contributed by atoms with van der Waals surface area (Å²) in [5.41, 5.74) is 2.90. The molecule has 2 rings (SSSR count). The zero-order valence-electron chi connectivity index (χ0n) is 14.6. The topological polar surface area (TPSA) is 43.9 Å². The lowest BCUT2D eigenvalue weighted by Gasteiger charge is -2.35. The van der Waals surface area contributed by atoms with Crippen LogP contribution in [0, 0.1) is 13.8 Å². The van der Waals surface area contributed by atoms with Crippen molar-refractivity contribution in [3.05, 3.63) is 29.3 Å².